The van der Waals surface area contributed by atoms with E-state index in [0.29, 0.717) is 24.6 Å². The number of benzene rings is 1. The Bertz CT molecular complexity index is 822. The number of carbonyl (C=O) groups is 2. The van der Waals surface area contributed by atoms with Crippen LogP contribution < -0.4 is 15.8 Å². The summed E-state index contributed by atoms with van der Waals surface area (Å²) in [5.74, 6) is 0.316. The molecule has 1 aliphatic heterocycles. The number of nitrogens with two attached hydrogens (primary N) is 1. The van der Waals surface area contributed by atoms with Gasteiger partial charge in [-0.05, 0) is 68.8 Å². The van der Waals surface area contributed by atoms with Crippen LogP contribution in [0.15, 0.2) is 40.8 Å². The second-order valence-corrected chi connectivity index (χ2v) is 7.16. The predicted octanol–water partition coefficient (Wildman–Crippen LogP) is 2.31. The van der Waals surface area contributed by atoms with E-state index >= 15 is 0 Å². The highest BCUT2D eigenvalue weighted by atomic mass is 19.1. The number of rotatable bonds is 9. The number of carbonyl (C=O) groups excluding carboxylic acids is 2. The molecule has 1 saturated heterocycles. The predicted molar refractivity (Wildman–Crippen MR) is 105 cm³/mol. The summed E-state index contributed by atoms with van der Waals surface area (Å²) in [4.78, 5) is 25.7. The maximum Gasteiger partial charge on any atom is 0.286 e. The summed E-state index contributed by atoms with van der Waals surface area (Å²) in [6, 6.07) is 8.96. The average Bonchev–Trinajstić information content (AvgIpc) is 3.20. The molecule has 1 fully saturated rings. The topological polar surface area (TPSA) is 97.8 Å². The Hall–Kier alpha value is -2.87. The Kier molecular flexibility index (Phi) is 7.24. The lowest BCUT2D eigenvalue weighted by Crippen LogP contribution is -2.42. The molecule has 0 saturated carbocycles. The van der Waals surface area contributed by atoms with Crippen LogP contribution in [0.4, 0.5) is 4.39 Å². The third-order valence-electron chi connectivity index (χ3n) is 4.92. The van der Waals surface area contributed by atoms with Crippen molar-refractivity contribution in [1.82, 2.24) is 10.2 Å². The number of furan rings is 1. The van der Waals surface area contributed by atoms with Crippen LogP contribution in [0.3, 0.4) is 0 Å². The van der Waals surface area contributed by atoms with Gasteiger partial charge < -0.3 is 25.1 Å². The molecule has 2 aromatic rings. The van der Waals surface area contributed by atoms with Crippen LogP contribution in [0, 0.1) is 11.7 Å². The number of hydrogen-bond acceptors (Lipinski definition) is 5. The van der Waals surface area contributed by atoms with Crippen LogP contribution in [0.2, 0.25) is 0 Å². The van der Waals surface area contributed by atoms with Crippen LogP contribution in [0.5, 0.6) is 5.75 Å². The first kappa shape index (κ1) is 20.9. The maximum absolute atomic E-state index is 12.9. The fourth-order valence-electron chi connectivity index (χ4n) is 3.35. The zero-order valence-corrected chi connectivity index (χ0v) is 16.2. The van der Waals surface area contributed by atoms with Gasteiger partial charge in [-0.2, -0.15) is 0 Å². The molecule has 1 unspecified atom stereocenters. The van der Waals surface area contributed by atoms with Gasteiger partial charge in [-0.1, -0.05) is 0 Å². The molecule has 0 radical (unpaired) electrons. The zero-order chi connectivity index (χ0) is 20.6. The van der Waals surface area contributed by atoms with Crippen molar-refractivity contribution in [2.45, 2.75) is 25.9 Å². The van der Waals surface area contributed by atoms with E-state index in [-0.39, 0.29) is 35.9 Å². The molecule has 1 aliphatic rings. The van der Waals surface area contributed by atoms with Gasteiger partial charge in [0, 0.05) is 13.1 Å². The largest absolute Gasteiger partial charge is 0.486 e. The third kappa shape index (κ3) is 6.32. The molecule has 2 heterocycles. The van der Waals surface area contributed by atoms with Crippen molar-refractivity contribution in [2.24, 2.45) is 11.7 Å². The Morgan fingerprint density at radius 3 is 2.79 bits per heavy atom. The Morgan fingerprint density at radius 1 is 1.24 bits per heavy atom. The van der Waals surface area contributed by atoms with Gasteiger partial charge in [0.15, 0.2) is 5.76 Å². The summed E-state index contributed by atoms with van der Waals surface area (Å²) < 4.78 is 23.9. The van der Waals surface area contributed by atoms with Gasteiger partial charge in [0.2, 0.25) is 5.91 Å². The number of piperidine rings is 1. The van der Waals surface area contributed by atoms with Crippen LogP contribution in [0.25, 0.3) is 0 Å². The lowest BCUT2D eigenvalue weighted by Gasteiger charge is -2.31. The number of hydrogen-bond donors (Lipinski definition) is 2. The quantitative estimate of drug-likeness (QED) is 0.626. The minimum absolute atomic E-state index is 0.0722. The highest BCUT2D eigenvalue weighted by Gasteiger charge is 2.23. The van der Waals surface area contributed by atoms with E-state index in [4.69, 9.17) is 14.9 Å². The first-order chi connectivity index (χ1) is 14.0. The van der Waals surface area contributed by atoms with E-state index in [2.05, 4.69) is 10.2 Å². The van der Waals surface area contributed by atoms with Crippen molar-refractivity contribution in [3.8, 4) is 5.75 Å². The van der Waals surface area contributed by atoms with Crippen LogP contribution in [0.1, 0.15) is 35.6 Å². The fraction of sp³-hybridized carbons (Fsp3) is 0.429. The standard InChI is InChI=1S/C21H26FN3O4/c22-16-4-6-17(7-5-16)28-14-18-8-9-19(29-18)21(27)24-10-2-12-25-11-1-3-15(13-25)20(23)26/h4-9,15H,1-3,10-14H2,(H2,23,26)(H,24,27). The van der Waals surface area contributed by atoms with Gasteiger partial charge in [0.1, 0.15) is 23.9 Å². The lowest BCUT2D eigenvalue weighted by atomic mass is 9.97. The molecule has 8 heteroatoms. The number of nitrogens with zero attached hydrogens (tertiary/aromatic N) is 1. The number of primary amides is 1. The van der Waals surface area contributed by atoms with Gasteiger partial charge in [0.05, 0.1) is 5.92 Å². The number of amides is 2. The first-order valence-electron chi connectivity index (χ1n) is 9.78. The molecule has 1 aromatic carbocycles. The molecule has 1 atom stereocenters. The molecule has 0 aliphatic carbocycles. The van der Waals surface area contributed by atoms with Gasteiger partial charge in [-0.15, -0.1) is 0 Å². The SMILES string of the molecule is NC(=O)C1CCCN(CCCNC(=O)c2ccc(COc3ccc(F)cc3)o2)C1. The van der Waals surface area contributed by atoms with Gasteiger partial charge >= 0.3 is 0 Å². The highest BCUT2D eigenvalue weighted by molar-refractivity contribution is 5.91. The van der Waals surface area contributed by atoms with Crippen molar-refractivity contribution in [1.29, 1.82) is 0 Å². The smallest absolute Gasteiger partial charge is 0.286 e. The molecule has 1 aromatic heterocycles. The molecule has 3 rings (SSSR count). The summed E-state index contributed by atoms with van der Waals surface area (Å²) in [6.45, 7) is 3.11. The maximum atomic E-state index is 12.9. The minimum Gasteiger partial charge on any atom is -0.486 e. The normalized spacial score (nSPS) is 17.1. The van der Waals surface area contributed by atoms with Crippen LogP contribution in [-0.4, -0.2) is 42.9 Å². The van der Waals surface area contributed by atoms with Crippen molar-refractivity contribution < 1.29 is 23.1 Å². The second-order valence-electron chi connectivity index (χ2n) is 7.16. The lowest BCUT2D eigenvalue weighted by molar-refractivity contribution is -0.123. The van der Waals surface area contributed by atoms with Crippen LogP contribution in [-0.2, 0) is 11.4 Å². The summed E-state index contributed by atoms with van der Waals surface area (Å²) in [5.41, 5.74) is 5.39. The molecule has 156 valence electrons. The van der Waals surface area contributed by atoms with E-state index in [1.165, 1.54) is 24.3 Å². The molecule has 3 N–H and O–H groups in total. The Morgan fingerprint density at radius 2 is 2.03 bits per heavy atom. The molecule has 2 amide bonds. The molecule has 0 bridgehead atoms. The van der Waals surface area contributed by atoms with E-state index in [1.807, 2.05) is 0 Å². The molecule has 29 heavy (non-hydrogen) atoms. The van der Waals surface area contributed by atoms with Crippen molar-refractivity contribution >= 4 is 11.8 Å². The number of nitrogens with one attached hydrogen (secondary N) is 1. The monoisotopic (exact) mass is 403 g/mol. The Balaban J connectivity index is 1.36. The van der Waals surface area contributed by atoms with Gasteiger partial charge in [0.25, 0.3) is 5.91 Å². The molecule has 0 spiro atoms. The van der Waals surface area contributed by atoms with Crippen molar-refractivity contribution in [3.05, 3.63) is 53.7 Å². The Labute approximate surface area is 169 Å². The van der Waals surface area contributed by atoms with E-state index in [0.717, 1.165) is 32.4 Å². The highest BCUT2D eigenvalue weighted by Crippen LogP contribution is 2.16. The molecular weight excluding hydrogens is 377 g/mol. The minimum atomic E-state index is -0.331. The summed E-state index contributed by atoms with van der Waals surface area (Å²) in [6.07, 6.45) is 2.60. The summed E-state index contributed by atoms with van der Waals surface area (Å²) in [7, 11) is 0. The van der Waals surface area contributed by atoms with Crippen molar-refractivity contribution in [2.75, 3.05) is 26.2 Å². The number of ether oxygens (including phenoxy) is 1. The first-order valence-corrected chi connectivity index (χ1v) is 9.78. The van der Waals surface area contributed by atoms with Crippen LogP contribution >= 0.6 is 0 Å². The van der Waals surface area contributed by atoms with E-state index in [1.54, 1.807) is 12.1 Å². The number of likely N-dealkylation sites (tertiary alicyclic amines) is 1. The van der Waals surface area contributed by atoms with E-state index in [9.17, 15) is 14.0 Å². The molecular formula is C21H26FN3O4. The summed E-state index contributed by atoms with van der Waals surface area (Å²) in [5, 5.41) is 2.83. The van der Waals surface area contributed by atoms with E-state index < -0.39 is 0 Å². The zero-order valence-electron chi connectivity index (χ0n) is 16.2. The van der Waals surface area contributed by atoms with Gasteiger partial charge in [-0.25, -0.2) is 4.39 Å². The summed E-state index contributed by atoms with van der Waals surface area (Å²) >= 11 is 0. The molecule has 7 nitrogen and oxygen atoms in total. The number of halogens is 1. The average molecular weight is 403 g/mol. The fourth-order valence-corrected chi connectivity index (χ4v) is 3.35. The van der Waals surface area contributed by atoms with Crippen molar-refractivity contribution in [3.63, 3.8) is 0 Å². The third-order valence-corrected chi connectivity index (χ3v) is 4.92. The van der Waals surface area contributed by atoms with Gasteiger partial charge in [-0.3, -0.25) is 9.59 Å². The second kappa shape index (κ2) is 10.1.